The molecule has 3 N–H and O–H groups in total. The molecule has 68 valence electrons. The molecule has 1 fully saturated rings. The summed E-state index contributed by atoms with van der Waals surface area (Å²) >= 11 is 4.90. The first-order valence-electron chi connectivity index (χ1n) is 4.07. The van der Waals surface area contributed by atoms with E-state index in [-0.39, 0.29) is 5.91 Å². The number of rotatable bonds is 2. The van der Waals surface area contributed by atoms with E-state index in [1.54, 1.807) is 6.92 Å². The second-order valence-electron chi connectivity index (χ2n) is 2.77. The van der Waals surface area contributed by atoms with Crippen molar-refractivity contribution in [2.45, 2.75) is 32.2 Å². The lowest BCUT2D eigenvalue weighted by molar-refractivity contribution is -0.121. The van der Waals surface area contributed by atoms with E-state index < -0.39 is 0 Å². The zero-order valence-corrected chi connectivity index (χ0v) is 7.83. The van der Waals surface area contributed by atoms with Gasteiger partial charge in [0.05, 0.1) is 0 Å². The highest BCUT2D eigenvalue weighted by Crippen LogP contribution is 2.18. The van der Waals surface area contributed by atoms with Gasteiger partial charge in [0.25, 0.3) is 0 Å². The standard InChI is InChI=1S/C7H13N3OS/c1-2-6(11)9-10-7(12)8-5-3-4-5/h5H,2-4H2,1H3,(H,9,11)(H2,8,10,12). The number of hydrazine groups is 1. The summed E-state index contributed by atoms with van der Waals surface area (Å²) in [5.74, 6) is -0.0602. The van der Waals surface area contributed by atoms with Crippen molar-refractivity contribution in [2.24, 2.45) is 0 Å². The monoisotopic (exact) mass is 187 g/mol. The fourth-order valence-corrected chi connectivity index (χ4v) is 0.882. The van der Waals surface area contributed by atoms with Crippen LogP contribution in [0, 0.1) is 0 Å². The van der Waals surface area contributed by atoms with Crippen LogP contribution in [0.1, 0.15) is 26.2 Å². The number of thiocarbonyl (C=S) groups is 1. The van der Waals surface area contributed by atoms with Crippen molar-refractivity contribution in [1.29, 1.82) is 0 Å². The lowest BCUT2D eigenvalue weighted by atomic mass is 10.5. The summed E-state index contributed by atoms with van der Waals surface area (Å²) in [6.07, 6.45) is 2.80. The van der Waals surface area contributed by atoms with Crippen molar-refractivity contribution in [1.82, 2.24) is 16.2 Å². The molecule has 0 saturated heterocycles. The Hall–Kier alpha value is -0.840. The number of carbonyl (C=O) groups is 1. The molecule has 0 unspecified atom stereocenters. The van der Waals surface area contributed by atoms with Gasteiger partial charge in [0.2, 0.25) is 5.91 Å². The Morgan fingerprint density at radius 3 is 2.67 bits per heavy atom. The van der Waals surface area contributed by atoms with Crippen molar-refractivity contribution in [2.75, 3.05) is 0 Å². The molecule has 4 nitrogen and oxygen atoms in total. The Morgan fingerprint density at radius 1 is 1.50 bits per heavy atom. The molecule has 0 spiro atoms. The molecule has 0 atom stereocenters. The lowest BCUT2D eigenvalue weighted by Crippen LogP contribution is -2.47. The van der Waals surface area contributed by atoms with E-state index in [2.05, 4.69) is 16.2 Å². The average molecular weight is 187 g/mol. The SMILES string of the molecule is CCC(=O)NNC(=S)NC1CC1. The molecule has 0 aromatic rings. The Kier molecular flexibility index (Phi) is 3.28. The molecular formula is C7H13N3OS. The topological polar surface area (TPSA) is 53.2 Å². The lowest BCUT2D eigenvalue weighted by Gasteiger charge is -2.09. The van der Waals surface area contributed by atoms with Crippen molar-refractivity contribution >= 4 is 23.2 Å². The van der Waals surface area contributed by atoms with Gasteiger partial charge in [-0.15, -0.1) is 0 Å². The highest BCUT2D eigenvalue weighted by Gasteiger charge is 2.21. The molecular weight excluding hydrogens is 174 g/mol. The molecule has 1 rings (SSSR count). The van der Waals surface area contributed by atoms with Crippen LogP contribution >= 0.6 is 12.2 Å². The second-order valence-corrected chi connectivity index (χ2v) is 3.18. The Labute approximate surface area is 77.1 Å². The third-order valence-corrected chi connectivity index (χ3v) is 1.77. The van der Waals surface area contributed by atoms with E-state index in [1.807, 2.05) is 0 Å². The van der Waals surface area contributed by atoms with Crippen LogP contribution in [0.4, 0.5) is 0 Å². The van der Waals surface area contributed by atoms with Gasteiger partial charge in [-0.3, -0.25) is 15.6 Å². The molecule has 1 amide bonds. The van der Waals surface area contributed by atoms with E-state index in [4.69, 9.17) is 12.2 Å². The minimum atomic E-state index is -0.0602. The number of hydrogen-bond acceptors (Lipinski definition) is 2. The minimum absolute atomic E-state index is 0.0602. The Bertz CT molecular complexity index is 191. The molecule has 0 heterocycles. The van der Waals surface area contributed by atoms with Crippen molar-refractivity contribution in [3.05, 3.63) is 0 Å². The Morgan fingerprint density at radius 2 is 2.17 bits per heavy atom. The quantitative estimate of drug-likeness (QED) is 0.422. The minimum Gasteiger partial charge on any atom is -0.359 e. The highest BCUT2D eigenvalue weighted by atomic mass is 32.1. The molecule has 1 aliphatic rings. The van der Waals surface area contributed by atoms with Crippen LogP contribution in [0.2, 0.25) is 0 Å². The largest absolute Gasteiger partial charge is 0.359 e. The van der Waals surface area contributed by atoms with Crippen molar-refractivity contribution < 1.29 is 4.79 Å². The number of amides is 1. The maximum Gasteiger partial charge on any atom is 0.238 e. The molecule has 0 aromatic carbocycles. The van der Waals surface area contributed by atoms with Gasteiger partial charge in [0, 0.05) is 12.5 Å². The van der Waals surface area contributed by atoms with E-state index in [1.165, 1.54) is 12.8 Å². The molecule has 1 saturated carbocycles. The van der Waals surface area contributed by atoms with Crippen LogP contribution in [0.15, 0.2) is 0 Å². The molecule has 0 bridgehead atoms. The summed E-state index contributed by atoms with van der Waals surface area (Å²) < 4.78 is 0. The van der Waals surface area contributed by atoms with Gasteiger partial charge in [0.1, 0.15) is 0 Å². The molecule has 12 heavy (non-hydrogen) atoms. The maximum atomic E-state index is 10.8. The summed E-state index contributed by atoms with van der Waals surface area (Å²) in [6, 6.07) is 0.517. The average Bonchev–Trinajstić information content (AvgIpc) is 2.84. The van der Waals surface area contributed by atoms with E-state index in [0.29, 0.717) is 17.6 Å². The number of hydrogen-bond donors (Lipinski definition) is 3. The van der Waals surface area contributed by atoms with Gasteiger partial charge in [-0.25, -0.2) is 0 Å². The summed E-state index contributed by atoms with van der Waals surface area (Å²) in [6.45, 7) is 1.79. The highest BCUT2D eigenvalue weighted by molar-refractivity contribution is 7.80. The van der Waals surface area contributed by atoms with Crippen LogP contribution in [-0.4, -0.2) is 17.1 Å². The first-order valence-corrected chi connectivity index (χ1v) is 4.48. The van der Waals surface area contributed by atoms with Gasteiger partial charge in [-0.05, 0) is 25.1 Å². The molecule has 5 heteroatoms. The zero-order chi connectivity index (χ0) is 8.97. The summed E-state index contributed by atoms with van der Waals surface area (Å²) in [5.41, 5.74) is 5.10. The van der Waals surface area contributed by atoms with Gasteiger partial charge >= 0.3 is 0 Å². The molecule has 0 aliphatic heterocycles. The predicted molar refractivity (Wildman–Crippen MR) is 50.3 cm³/mol. The summed E-state index contributed by atoms with van der Waals surface area (Å²) in [7, 11) is 0. The van der Waals surface area contributed by atoms with Crippen LogP contribution < -0.4 is 16.2 Å². The van der Waals surface area contributed by atoms with E-state index in [0.717, 1.165) is 0 Å². The van der Waals surface area contributed by atoms with Crippen molar-refractivity contribution in [3.63, 3.8) is 0 Å². The van der Waals surface area contributed by atoms with E-state index in [9.17, 15) is 4.79 Å². The van der Waals surface area contributed by atoms with Gasteiger partial charge in [-0.1, -0.05) is 6.92 Å². The third-order valence-electron chi connectivity index (χ3n) is 1.55. The van der Waals surface area contributed by atoms with Crippen LogP contribution in [0.25, 0.3) is 0 Å². The zero-order valence-electron chi connectivity index (χ0n) is 7.02. The van der Waals surface area contributed by atoms with Crippen LogP contribution in [-0.2, 0) is 4.79 Å². The summed E-state index contributed by atoms with van der Waals surface area (Å²) in [4.78, 5) is 10.8. The first kappa shape index (κ1) is 9.25. The van der Waals surface area contributed by atoms with E-state index >= 15 is 0 Å². The first-order chi connectivity index (χ1) is 5.72. The third kappa shape index (κ3) is 3.52. The van der Waals surface area contributed by atoms with Crippen molar-refractivity contribution in [3.8, 4) is 0 Å². The normalized spacial score (nSPS) is 15.1. The van der Waals surface area contributed by atoms with Gasteiger partial charge in [0.15, 0.2) is 5.11 Å². The fraction of sp³-hybridized carbons (Fsp3) is 0.714. The van der Waals surface area contributed by atoms with Gasteiger partial charge < -0.3 is 5.32 Å². The van der Waals surface area contributed by atoms with Gasteiger partial charge in [-0.2, -0.15) is 0 Å². The van der Waals surface area contributed by atoms with Crippen LogP contribution in [0.5, 0.6) is 0 Å². The molecule has 1 aliphatic carbocycles. The molecule has 0 radical (unpaired) electrons. The second kappa shape index (κ2) is 4.25. The Balaban J connectivity index is 2.04. The predicted octanol–water partition coefficient (Wildman–Crippen LogP) is 0.0541. The number of nitrogens with one attached hydrogen (secondary N) is 3. The molecule has 0 aromatic heterocycles. The van der Waals surface area contributed by atoms with Crippen LogP contribution in [0.3, 0.4) is 0 Å². The fourth-order valence-electron chi connectivity index (χ4n) is 0.664. The maximum absolute atomic E-state index is 10.8. The number of carbonyl (C=O) groups excluding carboxylic acids is 1. The smallest absolute Gasteiger partial charge is 0.238 e. The summed E-state index contributed by atoms with van der Waals surface area (Å²) in [5, 5.41) is 3.54.